The molecule has 0 radical (unpaired) electrons. The highest BCUT2D eigenvalue weighted by Crippen LogP contribution is 2.37. The van der Waals surface area contributed by atoms with Crippen molar-refractivity contribution in [3.05, 3.63) is 0 Å². The molecule has 1 atom stereocenters. The summed E-state index contributed by atoms with van der Waals surface area (Å²) in [5.41, 5.74) is 0. The highest BCUT2D eigenvalue weighted by Gasteiger charge is 2.40. The van der Waals surface area contributed by atoms with Crippen LogP contribution >= 0.6 is 0 Å². The van der Waals surface area contributed by atoms with Gasteiger partial charge in [0.1, 0.15) is 0 Å². The molecule has 0 aliphatic rings. The number of alkyl halides is 2. The summed E-state index contributed by atoms with van der Waals surface area (Å²) in [6.45, 7) is 7.11. The molecule has 0 amide bonds. The van der Waals surface area contributed by atoms with Gasteiger partial charge in [0.15, 0.2) is 0 Å². The Morgan fingerprint density at radius 1 is 1.15 bits per heavy atom. The molecule has 0 aromatic rings. The van der Waals surface area contributed by atoms with Gasteiger partial charge >= 0.3 is 0 Å². The molecule has 0 bridgehead atoms. The van der Waals surface area contributed by atoms with Gasteiger partial charge in [-0.25, -0.2) is 8.78 Å². The first kappa shape index (κ1) is 12.9. The Morgan fingerprint density at radius 2 is 1.69 bits per heavy atom. The third kappa shape index (κ3) is 3.61. The average molecular weight is 192 g/mol. The highest BCUT2D eigenvalue weighted by atomic mass is 19.3. The van der Waals surface area contributed by atoms with Gasteiger partial charge < -0.3 is 0 Å². The molecule has 0 aromatic heterocycles. The number of hydrogen-bond acceptors (Lipinski definition) is 0. The van der Waals surface area contributed by atoms with Crippen LogP contribution < -0.4 is 0 Å². The molecule has 0 aromatic carbocycles. The second-order valence-corrected chi connectivity index (χ2v) is 4.08. The van der Waals surface area contributed by atoms with Crippen molar-refractivity contribution in [3.8, 4) is 0 Å². The molecular formula is C11H22F2. The molecule has 0 rings (SSSR count). The van der Waals surface area contributed by atoms with Crippen LogP contribution in [-0.2, 0) is 0 Å². The van der Waals surface area contributed by atoms with Crippen molar-refractivity contribution in [2.24, 2.45) is 11.8 Å². The summed E-state index contributed by atoms with van der Waals surface area (Å²) >= 11 is 0. The van der Waals surface area contributed by atoms with E-state index >= 15 is 0 Å². The quantitative estimate of drug-likeness (QED) is 0.581. The summed E-state index contributed by atoms with van der Waals surface area (Å²) < 4.78 is 27.1. The maximum absolute atomic E-state index is 13.5. The van der Waals surface area contributed by atoms with Crippen LogP contribution in [0.4, 0.5) is 8.78 Å². The average Bonchev–Trinajstić information content (AvgIpc) is 2.05. The molecule has 0 fully saturated rings. The van der Waals surface area contributed by atoms with E-state index in [1.54, 1.807) is 13.8 Å². The fraction of sp³-hybridized carbons (Fsp3) is 1.00. The Hall–Kier alpha value is -0.140. The van der Waals surface area contributed by atoms with E-state index in [2.05, 4.69) is 0 Å². The van der Waals surface area contributed by atoms with Crippen LogP contribution in [-0.4, -0.2) is 5.92 Å². The minimum atomic E-state index is -2.48. The Morgan fingerprint density at radius 3 is 2.00 bits per heavy atom. The van der Waals surface area contributed by atoms with E-state index in [1.165, 1.54) is 0 Å². The molecule has 80 valence electrons. The van der Waals surface area contributed by atoms with Crippen molar-refractivity contribution in [2.75, 3.05) is 0 Å². The smallest absolute Gasteiger partial charge is 0.206 e. The predicted octanol–water partition coefficient (Wildman–Crippen LogP) is 4.49. The monoisotopic (exact) mass is 192 g/mol. The zero-order valence-corrected chi connectivity index (χ0v) is 9.24. The van der Waals surface area contributed by atoms with Gasteiger partial charge in [-0.2, -0.15) is 0 Å². The fourth-order valence-electron chi connectivity index (χ4n) is 1.59. The van der Waals surface area contributed by atoms with E-state index in [1.807, 2.05) is 13.8 Å². The largest absolute Gasteiger partial charge is 0.253 e. The summed E-state index contributed by atoms with van der Waals surface area (Å²) in [5, 5.41) is 0. The van der Waals surface area contributed by atoms with Crippen LogP contribution in [0.3, 0.4) is 0 Å². The van der Waals surface area contributed by atoms with Crippen molar-refractivity contribution < 1.29 is 8.78 Å². The Kier molecular flexibility index (Phi) is 5.50. The van der Waals surface area contributed by atoms with Gasteiger partial charge in [-0.1, -0.05) is 40.5 Å². The van der Waals surface area contributed by atoms with Crippen LogP contribution in [0.5, 0.6) is 0 Å². The standard InChI is InChI=1S/C11H22F2/c1-5-7-8-10(6-2)11(12,13)9(3)4/h9-10H,5-8H2,1-4H3. The summed E-state index contributed by atoms with van der Waals surface area (Å²) in [6, 6.07) is 0. The van der Waals surface area contributed by atoms with Crippen LogP contribution in [0.2, 0.25) is 0 Å². The lowest BCUT2D eigenvalue weighted by atomic mass is 9.86. The molecule has 0 heterocycles. The lowest BCUT2D eigenvalue weighted by molar-refractivity contribution is -0.102. The molecule has 0 N–H and O–H groups in total. The maximum atomic E-state index is 13.5. The minimum Gasteiger partial charge on any atom is -0.206 e. The second kappa shape index (κ2) is 5.56. The normalized spacial score (nSPS) is 15.0. The summed E-state index contributed by atoms with van der Waals surface area (Å²) in [5.74, 6) is -3.44. The van der Waals surface area contributed by atoms with E-state index < -0.39 is 17.8 Å². The van der Waals surface area contributed by atoms with E-state index in [-0.39, 0.29) is 0 Å². The molecule has 0 aliphatic carbocycles. The van der Waals surface area contributed by atoms with E-state index in [9.17, 15) is 8.78 Å². The van der Waals surface area contributed by atoms with Crippen molar-refractivity contribution in [1.29, 1.82) is 0 Å². The van der Waals surface area contributed by atoms with Crippen LogP contribution in [0.1, 0.15) is 53.4 Å². The van der Waals surface area contributed by atoms with Crippen molar-refractivity contribution in [2.45, 2.75) is 59.3 Å². The third-order valence-corrected chi connectivity index (χ3v) is 2.71. The van der Waals surface area contributed by atoms with E-state index in [4.69, 9.17) is 0 Å². The van der Waals surface area contributed by atoms with Crippen LogP contribution in [0.15, 0.2) is 0 Å². The highest BCUT2D eigenvalue weighted by molar-refractivity contribution is 4.79. The minimum absolute atomic E-state index is 0.424. The summed E-state index contributed by atoms with van der Waals surface area (Å²) in [4.78, 5) is 0. The fourth-order valence-corrected chi connectivity index (χ4v) is 1.59. The van der Waals surface area contributed by atoms with Gasteiger partial charge in [-0.15, -0.1) is 0 Å². The zero-order chi connectivity index (χ0) is 10.5. The Labute approximate surface area is 80.7 Å². The predicted molar refractivity (Wildman–Crippen MR) is 53.1 cm³/mol. The van der Waals surface area contributed by atoms with Gasteiger partial charge in [0.25, 0.3) is 5.92 Å². The topological polar surface area (TPSA) is 0 Å². The first-order chi connectivity index (χ1) is 5.96. The SMILES string of the molecule is CCCCC(CC)C(F)(F)C(C)C. The number of unbranched alkanes of at least 4 members (excludes halogenated alkanes) is 1. The second-order valence-electron chi connectivity index (χ2n) is 4.08. The first-order valence-electron chi connectivity index (χ1n) is 5.34. The number of rotatable bonds is 6. The Balaban J connectivity index is 4.19. The number of halogens is 2. The van der Waals surface area contributed by atoms with Crippen LogP contribution in [0, 0.1) is 11.8 Å². The lowest BCUT2D eigenvalue weighted by Gasteiger charge is -2.29. The summed E-state index contributed by atoms with van der Waals surface area (Å²) in [7, 11) is 0. The van der Waals surface area contributed by atoms with Gasteiger partial charge in [-0.05, 0) is 12.8 Å². The molecule has 2 heteroatoms. The molecule has 0 saturated heterocycles. The molecule has 0 spiro atoms. The molecule has 13 heavy (non-hydrogen) atoms. The lowest BCUT2D eigenvalue weighted by Crippen LogP contribution is -2.33. The van der Waals surface area contributed by atoms with Gasteiger partial charge in [-0.3, -0.25) is 0 Å². The van der Waals surface area contributed by atoms with Crippen molar-refractivity contribution >= 4 is 0 Å². The Bertz CT molecular complexity index is 130. The maximum Gasteiger partial charge on any atom is 0.253 e. The zero-order valence-electron chi connectivity index (χ0n) is 9.24. The third-order valence-electron chi connectivity index (χ3n) is 2.71. The molecule has 0 aliphatic heterocycles. The van der Waals surface area contributed by atoms with Crippen LogP contribution in [0.25, 0.3) is 0 Å². The van der Waals surface area contributed by atoms with Gasteiger partial charge in [0.2, 0.25) is 0 Å². The molecular weight excluding hydrogens is 170 g/mol. The first-order valence-corrected chi connectivity index (χ1v) is 5.34. The van der Waals surface area contributed by atoms with Crippen molar-refractivity contribution in [1.82, 2.24) is 0 Å². The van der Waals surface area contributed by atoms with E-state index in [0.29, 0.717) is 12.8 Å². The summed E-state index contributed by atoms with van der Waals surface area (Å²) in [6.07, 6.45) is 3.18. The van der Waals surface area contributed by atoms with E-state index in [0.717, 1.165) is 12.8 Å². The van der Waals surface area contributed by atoms with Crippen molar-refractivity contribution in [3.63, 3.8) is 0 Å². The molecule has 0 nitrogen and oxygen atoms in total. The number of hydrogen-bond donors (Lipinski definition) is 0. The molecule has 0 saturated carbocycles. The van der Waals surface area contributed by atoms with Gasteiger partial charge in [0.05, 0.1) is 0 Å². The van der Waals surface area contributed by atoms with Gasteiger partial charge in [0, 0.05) is 11.8 Å². The molecule has 1 unspecified atom stereocenters.